The van der Waals surface area contributed by atoms with Gasteiger partial charge in [0.2, 0.25) is 0 Å². The summed E-state index contributed by atoms with van der Waals surface area (Å²) >= 11 is 6.49. The van der Waals surface area contributed by atoms with E-state index in [1.165, 1.54) is 9.78 Å². The van der Waals surface area contributed by atoms with Crippen molar-refractivity contribution in [3.8, 4) is 0 Å². The van der Waals surface area contributed by atoms with Gasteiger partial charge in [-0.15, -0.1) is 0 Å². The molecular formula is C8H9ClSe. The standard InChI is InChI=1S/C8H9ClSe/c1-2-10-8-6-4-3-5-7(8)9/h3-6H,2H2,1H3. The van der Waals surface area contributed by atoms with Gasteiger partial charge in [-0.1, -0.05) is 0 Å². The molecule has 0 saturated carbocycles. The van der Waals surface area contributed by atoms with Gasteiger partial charge in [0.1, 0.15) is 0 Å². The maximum atomic E-state index is 5.92. The van der Waals surface area contributed by atoms with E-state index in [0.29, 0.717) is 15.0 Å². The van der Waals surface area contributed by atoms with Gasteiger partial charge < -0.3 is 0 Å². The normalized spacial score (nSPS) is 9.80. The molecule has 2 heteroatoms. The van der Waals surface area contributed by atoms with Crippen molar-refractivity contribution >= 4 is 31.0 Å². The SMILES string of the molecule is CC[Se]c1ccccc1Cl. The average Bonchev–Trinajstić information content (AvgIpc) is 1.94. The van der Waals surface area contributed by atoms with Crippen molar-refractivity contribution in [1.29, 1.82) is 0 Å². The van der Waals surface area contributed by atoms with Crippen molar-refractivity contribution in [2.75, 3.05) is 0 Å². The molecule has 0 atom stereocenters. The minimum atomic E-state index is 0.568. The Bertz CT molecular complexity index is 210. The molecular weight excluding hydrogens is 211 g/mol. The summed E-state index contributed by atoms with van der Waals surface area (Å²) in [5.74, 6) is 0. The van der Waals surface area contributed by atoms with Crippen molar-refractivity contribution in [3.63, 3.8) is 0 Å². The molecule has 1 aromatic rings. The maximum absolute atomic E-state index is 5.92. The van der Waals surface area contributed by atoms with E-state index in [0.717, 1.165) is 5.02 Å². The van der Waals surface area contributed by atoms with E-state index in [2.05, 4.69) is 13.0 Å². The van der Waals surface area contributed by atoms with Crippen LogP contribution in [-0.2, 0) is 0 Å². The summed E-state index contributed by atoms with van der Waals surface area (Å²) in [4.78, 5) is 0. The second kappa shape index (κ2) is 4.02. The van der Waals surface area contributed by atoms with E-state index in [4.69, 9.17) is 11.6 Å². The van der Waals surface area contributed by atoms with Gasteiger partial charge in [0.05, 0.1) is 0 Å². The van der Waals surface area contributed by atoms with E-state index in [-0.39, 0.29) is 0 Å². The number of hydrogen-bond acceptors (Lipinski definition) is 0. The van der Waals surface area contributed by atoms with Crippen molar-refractivity contribution in [2.45, 2.75) is 12.2 Å². The molecule has 0 aliphatic rings. The Morgan fingerprint density at radius 1 is 1.40 bits per heavy atom. The summed E-state index contributed by atoms with van der Waals surface area (Å²) in [7, 11) is 0. The van der Waals surface area contributed by atoms with Crippen LogP contribution in [0.1, 0.15) is 6.92 Å². The van der Waals surface area contributed by atoms with Gasteiger partial charge in [-0.2, -0.15) is 0 Å². The van der Waals surface area contributed by atoms with Gasteiger partial charge in [-0.25, -0.2) is 0 Å². The molecule has 0 spiro atoms. The minimum absolute atomic E-state index is 0.568. The number of hydrogen-bond donors (Lipinski definition) is 0. The van der Waals surface area contributed by atoms with E-state index < -0.39 is 0 Å². The van der Waals surface area contributed by atoms with Crippen LogP contribution < -0.4 is 4.46 Å². The van der Waals surface area contributed by atoms with Crippen molar-refractivity contribution in [2.24, 2.45) is 0 Å². The quantitative estimate of drug-likeness (QED) is 0.669. The first-order valence-corrected chi connectivity index (χ1v) is 5.66. The molecule has 0 heterocycles. The van der Waals surface area contributed by atoms with Crippen LogP contribution >= 0.6 is 11.6 Å². The fourth-order valence-electron chi connectivity index (χ4n) is 0.717. The fraction of sp³-hybridized carbons (Fsp3) is 0.250. The van der Waals surface area contributed by atoms with Crippen LogP contribution in [-0.4, -0.2) is 15.0 Å². The van der Waals surface area contributed by atoms with Crippen molar-refractivity contribution in [1.82, 2.24) is 0 Å². The summed E-state index contributed by atoms with van der Waals surface area (Å²) in [6.07, 6.45) is 0. The van der Waals surface area contributed by atoms with Crippen LogP contribution in [0.15, 0.2) is 24.3 Å². The number of halogens is 1. The molecule has 0 aliphatic heterocycles. The predicted octanol–water partition coefficient (Wildman–Crippen LogP) is 2.11. The molecule has 0 radical (unpaired) electrons. The summed E-state index contributed by atoms with van der Waals surface area (Å²) in [5, 5.41) is 2.14. The molecule has 10 heavy (non-hydrogen) atoms. The second-order valence-corrected chi connectivity index (χ2v) is 5.01. The van der Waals surface area contributed by atoms with E-state index in [1.807, 2.05) is 18.2 Å². The third kappa shape index (κ3) is 2.02. The van der Waals surface area contributed by atoms with E-state index in [9.17, 15) is 0 Å². The molecule has 0 aliphatic carbocycles. The summed E-state index contributed by atoms with van der Waals surface area (Å²) in [6.45, 7) is 2.18. The molecule has 0 saturated heterocycles. The Kier molecular flexibility index (Phi) is 3.27. The molecule has 0 N–H and O–H groups in total. The molecule has 0 aromatic heterocycles. The molecule has 1 rings (SSSR count). The first-order chi connectivity index (χ1) is 4.84. The number of rotatable bonds is 2. The van der Waals surface area contributed by atoms with Gasteiger partial charge in [0, 0.05) is 0 Å². The zero-order chi connectivity index (χ0) is 7.40. The Balaban J connectivity index is 2.81. The van der Waals surface area contributed by atoms with E-state index >= 15 is 0 Å². The molecule has 0 nitrogen and oxygen atoms in total. The zero-order valence-electron chi connectivity index (χ0n) is 5.80. The van der Waals surface area contributed by atoms with Crippen LogP contribution in [0.5, 0.6) is 0 Å². The fourth-order valence-corrected chi connectivity index (χ4v) is 2.59. The predicted molar refractivity (Wildman–Crippen MR) is 47.3 cm³/mol. The molecule has 0 fully saturated rings. The van der Waals surface area contributed by atoms with Crippen molar-refractivity contribution in [3.05, 3.63) is 29.3 Å². The molecule has 0 bridgehead atoms. The average molecular weight is 220 g/mol. The Hall–Kier alpha value is 0.0295. The van der Waals surface area contributed by atoms with Gasteiger partial charge >= 0.3 is 72.6 Å². The van der Waals surface area contributed by atoms with Gasteiger partial charge in [-0.05, 0) is 0 Å². The van der Waals surface area contributed by atoms with Crippen LogP contribution in [0.4, 0.5) is 0 Å². The van der Waals surface area contributed by atoms with Crippen LogP contribution in [0.3, 0.4) is 0 Å². The summed E-state index contributed by atoms with van der Waals surface area (Å²) in [6, 6.07) is 8.07. The second-order valence-electron chi connectivity index (χ2n) is 1.86. The number of benzene rings is 1. The third-order valence-corrected chi connectivity index (χ3v) is 3.73. The van der Waals surface area contributed by atoms with Gasteiger partial charge in [0.15, 0.2) is 0 Å². The van der Waals surface area contributed by atoms with Crippen LogP contribution in [0.2, 0.25) is 10.3 Å². The van der Waals surface area contributed by atoms with Crippen LogP contribution in [0.25, 0.3) is 0 Å². The third-order valence-electron chi connectivity index (χ3n) is 1.14. The monoisotopic (exact) mass is 220 g/mol. The molecule has 1 aromatic carbocycles. The molecule has 54 valence electrons. The first kappa shape index (κ1) is 8.13. The van der Waals surface area contributed by atoms with Gasteiger partial charge in [-0.3, -0.25) is 0 Å². The van der Waals surface area contributed by atoms with E-state index in [1.54, 1.807) is 0 Å². The zero-order valence-corrected chi connectivity index (χ0v) is 8.27. The Morgan fingerprint density at radius 2 is 2.10 bits per heavy atom. The molecule has 0 amide bonds. The van der Waals surface area contributed by atoms with Crippen molar-refractivity contribution < 1.29 is 0 Å². The summed E-state index contributed by atoms with van der Waals surface area (Å²) in [5.41, 5.74) is 0. The van der Waals surface area contributed by atoms with Gasteiger partial charge in [0.25, 0.3) is 0 Å². The topological polar surface area (TPSA) is 0 Å². The van der Waals surface area contributed by atoms with Crippen LogP contribution in [0, 0.1) is 0 Å². The first-order valence-electron chi connectivity index (χ1n) is 3.22. The Morgan fingerprint density at radius 3 is 2.70 bits per heavy atom. The Labute approximate surface area is 72.7 Å². The molecule has 0 unspecified atom stereocenters. The summed E-state index contributed by atoms with van der Waals surface area (Å²) < 4.78 is 1.32.